The Balaban J connectivity index is 1.62. The van der Waals surface area contributed by atoms with E-state index in [1.165, 1.54) is 25.1 Å². The minimum absolute atomic E-state index is 0.0298. The summed E-state index contributed by atoms with van der Waals surface area (Å²) in [6.07, 6.45) is 1.53. The topological polar surface area (TPSA) is 44.8 Å². The summed E-state index contributed by atoms with van der Waals surface area (Å²) in [5, 5.41) is 0. The lowest BCUT2D eigenvalue weighted by molar-refractivity contribution is 0.101. The lowest BCUT2D eigenvalue weighted by Gasteiger charge is -2.13. The fourth-order valence-corrected chi connectivity index (χ4v) is 3.48. The Morgan fingerprint density at radius 1 is 0.853 bits per heavy atom. The number of carbonyl (C=O) groups is 1. The van der Waals surface area contributed by atoms with Crippen LogP contribution in [0.1, 0.15) is 34.0 Å². The number of hydrogen-bond donors (Lipinski definition) is 0. The maximum absolute atomic E-state index is 13.9. The van der Waals surface area contributed by atoms with Crippen LogP contribution in [0.2, 0.25) is 0 Å². The molecule has 0 atom stereocenters. The zero-order chi connectivity index (χ0) is 24.6. The number of para-hydroxylation sites is 1. The molecule has 4 nitrogen and oxygen atoms in total. The molecule has 0 amide bonds. The summed E-state index contributed by atoms with van der Waals surface area (Å²) in [5.74, 6) is -9.89. The molecule has 9 heteroatoms. The molecule has 176 valence electrons. The van der Waals surface area contributed by atoms with Gasteiger partial charge in [0.05, 0.1) is 17.7 Å². The third-order valence-corrected chi connectivity index (χ3v) is 5.21. The van der Waals surface area contributed by atoms with Gasteiger partial charge in [-0.15, -0.1) is 0 Å². The van der Waals surface area contributed by atoms with E-state index in [-0.39, 0.29) is 22.8 Å². The van der Waals surface area contributed by atoms with Gasteiger partial charge in [-0.3, -0.25) is 4.79 Å². The lowest BCUT2D eigenvalue weighted by Crippen LogP contribution is -2.10. The van der Waals surface area contributed by atoms with Crippen molar-refractivity contribution in [3.8, 4) is 17.2 Å². The van der Waals surface area contributed by atoms with Crippen LogP contribution in [0.15, 0.2) is 42.2 Å². The first-order chi connectivity index (χ1) is 16.2. The molecular weight excluding hydrogens is 459 g/mol. The van der Waals surface area contributed by atoms with Crippen molar-refractivity contribution < 1.29 is 41.0 Å². The van der Waals surface area contributed by atoms with Crippen molar-refractivity contribution >= 4 is 11.9 Å². The first-order valence-corrected chi connectivity index (χ1v) is 10.2. The monoisotopic (exact) mass is 476 g/mol. The smallest absolute Gasteiger partial charge is 0.231 e. The van der Waals surface area contributed by atoms with Gasteiger partial charge in [-0.05, 0) is 38.1 Å². The summed E-state index contributed by atoms with van der Waals surface area (Å²) < 4.78 is 84.6. The van der Waals surface area contributed by atoms with Crippen molar-refractivity contribution in [1.29, 1.82) is 0 Å². The van der Waals surface area contributed by atoms with Crippen molar-refractivity contribution in [1.82, 2.24) is 0 Å². The summed E-state index contributed by atoms with van der Waals surface area (Å²) in [6, 6.07) is 9.82. The molecule has 0 saturated carbocycles. The van der Waals surface area contributed by atoms with Gasteiger partial charge < -0.3 is 14.2 Å². The Morgan fingerprint density at radius 3 is 2.18 bits per heavy atom. The van der Waals surface area contributed by atoms with Crippen LogP contribution in [0.5, 0.6) is 17.2 Å². The average Bonchev–Trinajstić information content (AvgIpc) is 3.15. The Labute approximate surface area is 191 Å². The van der Waals surface area contributed by atoms with E-state index in [9.17, 15) is 26.7 Å². The molecule has 1 aliphatic rings. The third-order valence-electron chi connectivity index (χ3n) is 5.21. The largest absolute Gasteiger partial charge is 0.493 e. The van der Waals surface area contributed by atoms with Crippen molar-refractivity contribution in [3.63, 3.8) is 0 Å². The van der Waals surface area contributed by atoms with E-state index in [1.807, 2.05) is 6.92 Å². The summed E-state index contributed by atoms with van der Waals surface area (Å²) in [6.45, 7) is 2.87. The number of ketones is 1. The highest BCUT2D eigenvalue weighted by Gasteiger charge is 2.31. The molecule has 0 bridgehead atoms. The van der Waals surface area contributed by atoms with Gasteiger partial charge in [0.15, 0.2) is 29.0 Å². The van der Waals surface area contributed by atoms with Gasteiger partial charge >= 0.3 is 0 Å². The molecule has 0 radical (unpaired) electrons. The van der Waals surface area contributed by atoms with Gasteiger partial charge in [-0.1, -0.05) is 18.2 Å². The summed E-state index contributed by atoms with van der Waals surface area (Å²) in [7, 11) is 0. The summed E-state index contributed by atoms with van der Waals surface area (Å²) in [4.78, 5) is 12.8. The first kappa shape index (κ1) is 23.3. The van der Waals surface area contributed by atoms with Crippen LogP contribution in [0.4, 0.5) is 22.0 Å². The van der Waals surface area contributed by atoms with E-state index in [1.54, 1.807) is 24.3 Å². The molecule has 0 unspecified atom stereocenters. The second kappa shape index (κ2) is 9.17. The minimum Gasteiger partial charge on any atom is -0.493 e. The van der Waals surface area contributed by atoms with E-state index >= 15 is 0 Å². The molecule has 0 aliphatic carbocycles. The average molecular weight is 476 g/mol. The van der Waals surface area contributed by atoms with Gasteiger partial charge in [0.2, 0.25) is 11.6 Å². The summed E-state index contributed by atoms with van der Waals surface area (Å²) >= 11 is 0. The number of halogens is 5. The maximum atomic E-state index is 13.9. The van der Waals surface area contributed by atoms with E-state index in [2.05, 4.69) is 0 Å². The van der Waals surface area contributed by atoms with Crippen LogP contribution in [-0.4, -0.2) is 12.4 Å². The molecule has 0 aromatic heterocycles. The number of allylic oxidation sites excluding steroid dienone is 1. The van der Waals surface area contributed by atoms with E-state index in [4.69, 9.17) is 14.2 Å². The second-order valence-electron chi connectivity index (χ2n) is 7.31. The van der Waals surface area contributed by atoms with Gasteiger partial charge in [0, 0.05) is 11.1 Å². The number of carbonyl (C=O) groups excluding carboxylic acids is 1. The fourth-order valence-electron chi connectivity index (χ4n) is 3.48. The van der Waals surface area contributed by atoms with Crippen LogP contribution in [0.25, 0.3) is 6.08 Å². The van der Waals surface area contributed by atoms with Crippen LogP contribution in [0.3, 0.4) is 0 Å². The molecule has 1 heterocycles. The Hall–Kier alpha value is -3.88. The molecule has 3 aromatic rings. The van der Waals surface area contributed by atoms with Crippen molar-refractivity contribution in [2.75, 3.05) is 6.61 Å². The first-order valence-electron chi connectivity index (χ1n) is 10.2. The van der Waals surface area contributed by atoms with Crippen molar-refractivity contribution in [2.24, 2.45) is 0 Å². The maximum Gasteiger partial charge on any atom is 0.231 e. The lowest BCUT2D eigenvalue weighted by atomic mass is 10.1. The molecule has 0 fully saturated rings. The van der Waals surface area contributed by atoms with E-state index in [0.717, 1.165) is 0 Å². The predicted octanol–water partition coefficient (Wildman–Crippen LogP) is 6.28. The number of rotatable bonds is 6. The molecule has 0 spiro atoms. The highest BCUT2D eigenvalue weighted by Crippen LogP contribution is 2.40. The van der Waals surface area contributed by atoms with E-state index in [0.29, 0.717) is 23.5 Å². The molecule has 0 saturated heterocycles. The predicted molar refractivity (Wildman–Crippen MR) is 112 cm³/mol. The third kappa shape index (κ3) is 3.98. The Kier molecular flexibility index (Phi) is 6.28. The number of Topliss-reactive ketones (excluding diaryl/α,β-unsaturated/α-hetero) is 1. The fraction of sp³-hybridized carbons (Fsp3) is 0.160. The highest BCUT2D eigenvalue weighted by molar-refractivity contribution is 6.15. The molecular formula is C25H17F5O4. The van der Waals surface area contributed by atoms with Gasteiger partial charge in [-0.2, -0.15) is 0 Å². The minimum atomic E-state index is -2.25. The molecule has 0 N–H and O–H groups in total. The summed E-state index contributed by atoms with van der Waals surface area (Å²) in [5.41, 5.74) is 0.0693. The van der Waals surface area contributed by atoms with Crippen LogP contribution < -0.4 is 14.2 Å². The number of fused-ring (bicyclic) bond motifs is 1. The standard InChI is InChI=1S/C25H17F5O4/c1-3-32-17-7-5-4-6-13(17)10-18-24(31)14-8-9-16(12(2)25(14)34-18)33-11-15-19(26)21(28)23(30)22(29)20(15)27/h4-10H,3,11H2,1-2H3/b18-10-. The van der Waals surface area contributed by atoms with E-state index < -0.39 is 47.0 Å². The highest BCUT2D eigenvalue weighted by atomic mass is 19.2. The number of benzene rings is 3. The van der Waals surface area contributed by atoms with Gasteiger partial charge in [0.25, 0.3) is 0 Å². The normalized spacial score (nSPS) is 13.7. The van der Waals surface area contributed by atoms with Crippen LogP contribution in [-0.2, 0) is 6.61 Å². The van der Waals surface area contributed by atoms with Crippen molar-refractivity contribution in [2.45, 2.75) is 20.5 Å². The van der Waals surface area contributed by atoms with Gasteiger partial charge in [-0.25, -0.2) is 22.0 Å². The van der Waals surface area contributed by atoms with Crippen molar-refractivity contribution in [3.05, 3.63) is 93.5 Å². The molecule has 4 rings (SSSR count). The number of hydrogen-bond acceptors (Lipinski definition) is 4. The van der Waals surface area contributed by atoms with Crippen LogP contribution in [0, 0.1) is 36.0 Å². The molecule has 34 heavy (non-hydrogen) atoms. The zero-order valence-electron chi connectivity index (χ0n) is 18.0. The quantitative estimate of drug-likeness (QED) is 0.182. The SMILES string of the molecule is CCOc1ccccc1/C=C1\Oc2c(ccc(OCc3c(F)c(F)c(F)c(F)c3F)c2C)C1=O. The zero-order valence-corrected chi connectivity index (χ0v) is 18.0. The van der Waals surface area contributed by atoms with Gasteiger partial charge in [0.1, 0.15) is 23.9 Å². The second-order valence-corrected chi connectivity index (χ2v) is 7.31. The Bertz CT molecular complexity index is 1300. The molecule has 1 aliphatic heterocycles. The Morgan fingerprint density at radius 2 is 1.50 bits per heavy atom. The van der Waals surface area contributed by atoms with Crippen LogP contribution >= 0.6 is 0 Å². The molecule has 3 aromatic carbocycles. The number of ether oxygens (including phenoxy) is 3.